The van der Waals surface area contributed by atoms with Crippen LogP contribution in [0.4, 0.5) is 0 Å². The second-order valence-electron chi connectivity index (χ2n) is 6.86. The fraction of sp³-hybridized carbons (Fsp3) is 0.444. The number of piperazine rings is 1. The lowest BCUT2D eigenvalue weighted by Crippen LogP contribution is -2.52. The third kappa shape index (κ3) is 4.01. The molecule has 1 N–H and O–H groups in total. The van der Waals surface area contributed by atoms with Crippen molar-refractivity contribution in [2.75, 3.05) is 32.7 Å². The van der Waals surface area contributed by atoms with Gasteiger partial charge < -0.3 is 10.0 Å². The molecule has 1 fully saturated rings. The highest BCUT2D eigenvalue weighted by Gasteiger charge is 2.26. The van der Waals surface area contributed by atoms with Crippen LogP contribution in [0, 0.1) is 0 Å². The monoisotopic (exact) mass is 328 g/mol. The zero-order chi connectivity index (χ0) is 17.2. The Hall–Kier alpha value is -2.18. The first-order valence-electron chi connectivity index (χ1n) is 8.27. The highest BCUT2D eigenvalue weighted by atomic mass is 16.3. The minimum atomic E-state index is -0.708. The second kappa shape index (κ2) is 6.75. The van der Waals surface area contributed by atoms with Crippen LogP contribution < -0.4 is 0 Å². The van der Waals surface area contributed by atoms with Crippen molar-refractivity contribution in [2.45, 2.75) is 19.4 Å². The number of carbonyl (C=O) groups excluding carboxylic acids is 1. The normalized spacial score (nSPS) is 16.4. The predicted molar refractivity (Wildman–Crippen MR) is 92.2 cm³/mol. The van der Waals surface area contributed by atoms with Gasteiger partial charge >= 0.3 is 0 Å². The number of nitrogens with zero attached hydrogens (tertiary/aromatic N) is 4. The maximum atomic E-state index is 12.6. The molecule has 6 heteroatoms. The van der Waals surface area contributed by atoms with E-state index in [1.165, 1.54) is 0 Å². The summed E-state index contributed by atoms with van der Waals surface area (Å²) < 4.78 is 1.72. The molecule has 1 aromatic heterocycles. The number of hydrogen-bond acceptors (Lipinski definition) is 4. The Balaban J connectivity index is 1.61. The van der Waals surface area contributed by atoms with Crippen LogP contribution in [0.25, 0.3) is 5.69 Å². The van der Waals surface area contributed by atoms with E-state index < -0.39 is 5.60 Å². The molecule has 0 unspecified atom stereocenters. The Bertz CT molecular complexity index is 683. The third-order valence-corrected chi connectivity index (χ3v) is 4.10. The number of aliphatic hydroxyl groups is 1. The third-order valence-electron chi connectivity index (χ3n) is 4.10. The summed E-state index contributed by atoms with van der Waals surface area (Å²) in [6, 6.07) is 11.5. The van der Waals surface area contributed by atoms with Crippen molar-refractivity contribution in [3.8, 4) is 5.69 Å². The molecule has 0 spiro atoms. The second-order valence-corrected chi connectivity index (χ2v) is 6.86. The lowest BCUT2D eigenvalue weighted by atomic mass is 10.1. The van der Waals surface area contributed by atoms with Gasteiger partial charge in [-0.2, -0.15) is 5.10 Å². The van der Waals surface area contributed by atoms with E-state index in [4.69, 9.17) is 0 Å². The summed E-state index contributed by atoms with van der Waals surface area (Å²) in [5.41, 5.74) is 0.696. The summed E-state index contributed by atoms with van der Waals surface area (Å²) >= 11 is 0. The number of hydrogen-bond donors (Lipinski definition) is 1. The van der Waals surface area contributed by atoms with Gasteiger partial charge in [0.25, 0.3) is 5.91 Å². The molecule has 128 valence electrons. The molecule has 2 heterocycles. The largest absolute Gasteiger partial charge is 0.389 e. The van der Waals surface area contributed by atoms with Crippen LogP contribution in [-0.2, 0) is 0 Å². The molecule has 0 radical (unpaired) electrons. The van der Waals surface area contributed by atoms with E-state index in [-0.39, 0.29) is 5.91 Å². The van der Waals surface area contributed by atoms with Crippen molar-refractivity contribution in [1.29, 1.82) is 0 Å². The molecular weight excluding hydrogens is 304 g/mol. The molecule has 2 aromatic rings. The van der Waals surface area contributed by atoms with Gasteiger partial charge in [-0.05, 0) is 32.0 Å². The van der Waals surface area contributed by atoms with E-state index >= 15 is 0 Å². The minimum Gasteiger partial charge on any atom is -0.389 e. The average Bonchev–Trinajstić information content (AvgIpc) is 3.04. The molecule has 24 heavy (non-hydrogen) atoms. The standard InChI is InChI=1S/C18H24N4O2/c1-18(2,24)14-20-10-12-21(13-11-20)17(23)16-8-9-22(19-16)15-6-4-3-5-7-15/h3-9,24H,10-14H2,1-2H3. The predicted octanol–water partition coefficient (Wildman–Crippen LogP) is 1.40. The first-order valence-corrected chi connectivity index (χ1v) is 8.27. The number of carbonyl (C=O) groups is 1. The number of aromatic nitrogens is 2. The van der Waals surface area contributed by atoms with Gasteiger partial charge in [0.05, 0.1) is 11.3 Å². The van der Waals surface area contributed by atoms with Gasteiger partial charge in [0.1, 0.15) is 0 Å². The smallest absolute Gasteiger partial charge is 0.274 e. The molecular formula is C18H24N4O2. The van der Waals surface area contributed by atoms with E-state index in [0.29, 0.717) is 25.3 Å². The summed E-state index contributed by atoms with van der Waals surface area (Å²) in [5, 5.41) is 14.3. The van der Waals surface area contributed by atoms with Gasteiger partial charge in [-0.15, -0.1) is 0 Å². The Morgan fingerprint density at radius 1 is 1.12 bits per heavy atom. The molecule has 1 saturated heterocycles. The fourth-order valence-corrected chi connectivity index (χ4v) is 2.98. The van der Waals surface area contributed by atoms with E-state index in [1.807, 2.05) is 41.4 Å². The van der Waals surface area contributed by atoms with Gasteiger partial charge in [-0.25, -0.2) is 4.68 Å². The number of rotatable bonds is 4. The van der Waals surface area contributed by atoms with Crippen molar-refractivity contribution in [3.05, 3.63) is 48.3 Å². The van der Waals surface area contributed by atoms with E-state index in [0.717, 1.165) is 18.8 Å². The van der Waals surface area contributed by atoms with Crippen LogP contribution >= 0.6 is 0 Å². The zero-order valence-electron chi connectivity index (χ0n) is 14.2. The Morgan fingerprint density at radius 3 is 2.42 bits per heavy atom. The number of benzene rings is 1. The Labute approximate surface area is 142 Å². The van der Waals surface area contributed by atoms with E-state index in [9.17, 15) is 9.90 Å². The first kappa shape index (κ1) is 16.7. The molecule has 0 bridgehead atoms. The first-order chi connectivity index (χ1) is 11.4. The maximum absolute atomic E-state index is 12.6. The molecule has 6 nitrogen and oxygen atoms in total. The summed E-state index contributed by atoms with van der Waals surface area (Å²) in [6.07, 6.45) is 1.81. The van der Waals surface area contributed by atoms with Crippen LogP contribution in [0.15, 0.2) is 42.6 Å². The van der Waals surface area contributed by atoms with Crippen LogP contribution in [0.2, 0.25) is 0 Å². The molecule has 0 aliphatic carbocycles. The van der Waals surface area contributed by atoms with E-state index in [2.05, 4.69) is 10.00 Å². The van der Waals surface area contributed by atoms with E-state index in [1.54, 1.807) is 24.6 Å². The van der Waals surface area contributed by atoms with Gasteiger partial charge in [-0.3, -0.25) is 9.69 Å². The van der Waals surface area contributed by atoms with Crippen molar-refractivity contribution in [1.82, 2.24) is 19.6 Å². The Morgan fingerprint density at radius 2 is 1.79 bits per heavy atom. The van der Waals surface area contributed by atoms with Crippen LogP contribution in [-0.4, -0.2) is 68.9 Å². The zero-order valence-corrected chi connectivity index (χ0v) is 14.2. The number of β-amino-alcohol motifs (C(OH)–C–C–N with tert-alkyl or cyclic N) is 1. The average molecular weight is 328 g/mol. The van der Waals surface area contributed by atoms with Gasteiger partial charge in [0, 0.05) is 38.9 Å². The molecule has 1 aromatic carbocycles. The molecule has 1 aliphatic heterocycles. The van der Waals surface area contributed by atoms with Crippen molar-refractivity contribution >= 4 is 5.91 Å². The lowest BCUT2D eigenvalue weighted by Gasteiger charge is -2.37. The van der Waals surface area contributed by atoms with Crippen molar-refractivity contribution < 1.29 is 9.90 Å². The lowest BCUT2D eigenvalue weighted by molar-refractivity contribution is 0.0177. The summed E-state index contributed by atoms with van der Waals surface area (Å²) in [7, 11) is 0. The van der Waals surface area contributed by atoms with Crippen LogP contribution in [0.5, 0.6) is 0 Å². The van der Waals surface area contributed by atoms with Gasteiger partial charge in [0.15, 0.2) is 5.69 Å². The van der Waals surface area contributed by atoms with Gasteiger partial charge in [-0.1, -0.05) is 18.2 Å². The summed E-state index contributed by atoms with van der Waals surface area (Å²) in [4.78, 5) is 16.6. The quantitative estimate of drug-likeness (QED) is 0.922. The van der Waals surface area contributed by atoms with Crippen molar-refractivity contribution in [3.63, 3.8) is 0 Å². The SMILES string of the molecule is CC(C)(O)CN1CCN(C(=O)c2ccn(-c3ccccc3)n2)CC1. The van der Waals surface area contributed by atoms with Crippen LogP contribution in [0.3, 0.4) is 0 Å². The topological polar surface area (TPSA) is 61.6 Å². The van der Waals surface area contributed by atoms with Crippen LogP contribution in [0.1, 0.15) is 24.3 Å². The molecule has 0 saturated carbocycles. The Kier molecular flexibility index (Phi) is 4.69. The number of amides is 1. The maximum Gasteiger partial charge on any atom is 0.274 e. The molecule has 1 amide bonds. The minimum absolute atomic E-state index is 0.0346. The fourth-order valence-electron chi connectivity index (χ4n) is 2.98. The van der Waals surface area contributed by atoms with Crippen molar-refractivity contribution in [2.24, 2.45) is 0 Å². The summed E-state index contributed by atoms with van der Waals surface area (Å²) in [5.74, 6) is -0.0346. The molecule has 1 aliphatic rings. The highest BCUT2D eigenvalue weighted by Crippen LogP contribution is 2.12. The van der Waals surface area contributed by atoms with Gasteiger partial charge in [0.2, 0.25) is 0 Å². The molecule has 3 rings (SSSR count). The molecule has 0 atom stereocenters. The summed E-state index contributed by atoms with van der Waals surface area (Å²) in [6.45, 7) is 7.10. The highest BCUT2D eigenvalue weighted by molar-refractivity contribution is 5.92. The number of para-hydroxylation sites is 1.